The maximum atomic E-state index is 12.0. The van der Waals surface area contributed by atoms with E-state index in [2.05, 4.69) is 22.2 Å². The molecule has 2 heterocycles. The fourth-order valence-corrected chi connectivity index (χ4v) is 2.63. The second-order valence-corrected chi connectivity index (χ2v) is 5.72. The molecule has 6 heteroatoms. The number of amides is 2. The van der Waals surface area contributed by atoms with E-state index in [0.717, 1.165) is 43.3 Å². The van der Waals surface area contributed by atoms with Gasteiger partial charge in [0.1, 0.15) is 0 Å². The predicted octanol–water partition coefficient (Wildman–Crippen LogP) is 1.30. The SMILES string of the molecule is Cc1nc(CNC(=O)N2CCCN(C)CC2)cs1. The predicted molar refractivity (Wildman–Crippen MR) is 72.8 cm³/mol. The number of carbonyl (C=O) groups excluding carboxylic acids is 1. The van der Waals surface area contributed by atoms with Crippen molar-refractivity contribution in [1.29, 1.82) is 0 Å². The molecule has 1 aliphatic heterocycles. The molecule has 5 nitrogen and oxygen atoms in total. The van der Waals surface area contributed by atoms with Gasteiger partial charge in [-0.15, -0.1) is 11.3 Å². The Morgan fingerprint density at radius 3 is 3.00 bits per heavy atom. The summed E-state index contributed by atoms with van der Waals surface area (Å²) in [7, 11) is 2.10. The Morgan fingerprint density at radius 1 is 1.44 bits per heavy atom. The lowest BCUT2D eigenvalue weighted by atomic mass is 10.4. The standard InChI is InChI=1S/C12H20N4OS/c1-10-14-11(9-18-10)8-13-12(17)16-5-3-4-15(2)6-7-16/h9H,3-8H2,1-2H3,(H,13,17). The Bertz CT molecular complexity index is 407. The van der Waals surface area contributed by atoms with E-state index in [1.807, 2.05) is 17.2 Å². The summed E-state index contributed by atoms with van der Waals surface area (Å²) in [5.41, 5.74) is 0.942. The smallest absolute Gasteiger partial charge is 0.317 e. The van der Waals surface area contributed by atoms with Crippen molar-refractivity contribution in [2.75, 3.05) is 33.2 Å². The molecular weight excluding hydrogens is 248 g/mol. The van der Waals surface area contributed by atoms with Gasteiger partial charge in [-0.2, -0.15) is 0 Å². The average molecular weight is 268 g/mol. The lowest BCUT2D eigenvalue weighted by Gasteiger charge is -2.20. The summed E-state index contributed by atoms with van der Waals surface area (Å²) in [6.07, 6.45) is 1.04. The monoisotopic (exact) mass is 268 g/mol. The van der Waals surface area contributed by atoms with Crippen molar-refractivity contribution in [2.45, 2.75) is 19.9 Å². The number of hydrogen-bond donors (Lipinski definition) is 1. The topological polar surface area (TPSA) is 48.5 Å². The molecule has 0 radical (unpaired) electrons. The van der Waals surface area contributed by atoms with Crippen molar-refractivity contribution in [2.24, 2.45) is 0 Å². The molecule has 1 fully saturated rings. The molecule has 0 spiro atoms. The van der Waals surface area contributed by atoms with Crippen LogP contribution in [0.4, 0.5) is 4.79 Å². The first-order valence-corrected chi connectivity index (χ1v) is 7.15. The van der Waals surface area contributed by atoms with Gasteiger partial charge in [0.05, 0.1) is 17.2 Å². The Labute approximate surface area is 112 Å². The van der Waals surface area contributed by atoms with Crippen LogP contribution >= 0.6 is 11.3 Å². The molecule has 1 aromatic heterocycles. The highest BCUT2D eigenvalue weighted by Gasteiger charge is 2.17. The molecule has 1 aliphatic rings. The van der Waals surface area contributed by atoms with Gasteiger partial charge in [-0.1, -0.05) is 0 Å². The molecule has 1 saturated heterocycles. The zero-order valence-corrected chi connectivity index (χ0v) is 11.8. The summed E-state index contributed by atoms with van der Waals surface area (Å²) in [6.45, 7) is 6.15. The van der Waals surface area contributed by atoms with Gasteiger partial charge in [0.25, 0.3) is 0 Å². The van der Waals surface area contributed by atoms with Crippen LogP contribution in [0, 0.1) is 6.92 Å². The largest absolute Gasteiger partial charge is 0.332 e. The number of carbonyl (C=O) groups is 1. The maximum Gasteiger partial charge on any atom is 0.317 e. The summed E-state index contributed by atoms with van der Waals surface area (Å²) in [6, 6.07) is 0.0240. The third-order valence-electron chi connectivity index (χ3n) is 3.09. The molecule has 0 bridgehead atoms. The highest BCUT2D eigenvalue weighted by atomic mass is 32.1. The van der Waals surface area contributed by atoms with Crippen LogP contribution in [0.2, 0.25) is 0 Å². The summed E-state index contributed by atoms with van der Waals surface area (Å²) in [5.74, 6) is 0. The highest BCUT2D eigenvalue weighted by Crippen LogP contribution is 2.08. The van der Waals surface area contributed by atoms with Crippen LogP contribution in [-0.2, 0) is 6.54 Å². The molecule has 0 aliphatic carbocycles. The second-order valence-electron chi connectivity index (χ2n) is 4.66. The minimum atomic E-state index is 0.0240. The van der Waals surface area contributed by atoms with E-state index in [9.17, 15) is 4.79 Å². The van der Waals surface area contributed by atoms with Crippen molar-refractivity contribution in [3.8, 4) is 0 Å². The van der Waals surface area contributed by atoms with Crippen molar-refractivity contribution in [3.63, 3.8) is 0 Å². The van der Waals surface area contributed by atoms with Gasteiger partial charge in [-0.05, 0) is 26.9 Å². The number of aryl methyl sites for hydroxylation is 1. The number of aromatic nitrogens is 1. The Kier molecular flexibility index (Phi) is 4.54. The van der Waals surface area contributed by atoms with Gasteiger partial charge < -0.3 is 15.1 Å². The number of nitrogens with zero attached hydrogens (tertiary/aromatic N) is 3. The van der Waals surface area contributed by atoms with E-state index in [1.165, 1.54) is 0 Å². The first kappa shape index (κ1) is 13.3. The second kappa shape index (κ2) is 6.15. The van der Waals surface area contributed by atoms with Gasteiger partial charge in [-0.25, -0.2) is 9.78 Å². The van der Waals surface area contributed by atoms with Gasteiger partial charge in [0.15, 0.2) is 0 Å². The zero-order chi connectivity index (χ0) is 13.0. The molecule has 1 aromatic rings. The Hall–Kier alpha value is -1.14. The molecule has 0 saturated carbocycles. The number of likely N-dealkylation sites (N-methyl/N-ethyl adjacent to an activating group) is 1. The minimum Gasteiger partial charge on any atom is -0.332 e. The van der Waals surface area contributed by atoms with Gasteiger partial charge in [0, 0.05) is 25.0 Å². The van der Waals surface area contributed by atoms with Crippen LogP contribution in [0.25, 0.3) is 0 Å². The summed E-state index contributed by atoms with van der Waals surface area (Å²) >= 11 is 1.61. The zero-order valence-electron chi connectivity index (χ0n) is 11.0. The third kappa shape index (κ3) is 3.68. The fraction of sp³-hybridized carbons (Fsp3) is 0.667. The van der Waals surface area contributed by atoms with Gasteiger partial charge in [0.2, 0.25) is 0 Å². The molecule has 0 unspecified atom stereocenters. The number of urea groups is 1. The van der Waals surface area contributed by atoms with Crippen LogP contribution in [0.5, 0.6) is 0 Å². The lowest BCUT2D eigenvalue weighted by Crippen LogP contribution is -2.41. The van der Waals surface area contributed by atoms with Crippen LogP contribution in [0.3, 0.4) is 0 Å². The molecule has 2 amide bonds. The van der Waals surface area contributed by atoms with Crippen molar-refractivity contribution >= 4 is 17.4 Å². The summed E-state index contributed by atoms with van der Waals surface area (Å²) < 4.78 is 0. The molecule has 2 rings (SSSR count). The van der Waals surface area contributed by atoms with E-state index in [-0.39, 0.29) is 6.03 Å². The molecule has 0 aromatic carbocycles. The van der Waals surface area contributed by atoms with Crippen molar-refractivity contribution < 1.29 is 4.79 Å². The molecule has 18 heavy (non-hydrogen) atoms. The van der Waals surface area contributed by atoms with Gasteiger partial charge >= 0.3 is 6.03 Å². The minimum absolute atomic E-state index is 0.0240. The lowest BCUT2D eigenvalue weighted by molar-refractivity contribution is 0.199. The van der Waals surface area contributed by atoms with Crippen molar-refractivity contribution in [1.82, 2.24) is 20.1 Å². The van der Waals surface area contributed by atoms with Crippen LogP contribution in [0.1, 0.15) is 17.1 Å². The maximum absolute atomic E-state index is 12.0. The van der Waals surface area contributed by atoms with E-state index in [4.69, 9.17) is 0 Å². The van der Waals surface area contributed by atoms with Crippen LogP contribution in [0.15, 0.2) is 5.38 Å². The van der Waals surface area contributed by atoms with E-state index in [0.29, 0.717) is 6.54 Å². The molecule has 1 N–H and O–H groups in total. The Balaban J connectivity index is 1.80. The fourth-order valence-electron chi connectivity index (χ4n) is 2.02. The molecule has 100 valence electrons. The van der Waals surface area contributed by atoms with Crippen LogP contribution in [-0.4, -0.2) is 54.0 Å². The summed E-state index contributed by atoms with van der Waals surface area (Å²) in [4.78, 5) is 20.5. The van der Waals surface area contributed by atoms with E-state index in [1.54, 1.807) is 11.3 Å². The quantitative estimate of drug-likeness (QED) is 0.879. The highest BCUT2D eigenvalue weighted by molar-refractivity contribution is 7.09. The van der Waals surface area contributed by atoms with E-state index >= 15 is 0 Å². The first-order chi connectivity index (χ1) is 8.65. The number of nitrogens with one attached hydrogen (secondary N) is 1. The summed E-state index contributed by atoms with van der Waals surface area (Å²) in [5, 5.41) is 5.97. The van der Waals surface area contributed by atoms with Crippen LogP contribution < -0.4 is 5.32 Å². The number of rotatable bonds is 2. The molecule has 0 atom stereocenters. The number of thiazole rings is 1. The van der Waals surface area contributed by atoms with E-state index < -0.39 is 0 Å². The third-order valence-corrected chi connectivity index (χ3v) is 3.92. The van der Waals surface area contributed by atoms with Crippen molar-refractivity contribution in [3.05, 3.63) is 16.1 Å². The number of hydrogen-bond acceptors (Lipinski definition) is 4. The Morgan fingerprint density at radius 2 is 2.28 bits per heavy atom. The molecular formula is C12H20N4OS. The normalized spacial score (nSPS) is 17.6. The van der Waals surface area contributed by atoms with Gasteiger partial charge in [-0.3, -0.25) is 0 Å². The first-order valence-electron chi connectivity index (χ1n) is 6.27. The average Bonchev–Trinajstić information content (AvgIpc) is 2.63.